The quantitative estimate of drug-likeness (QED) is 0.729. The molecule has 0 aliphatic carbocycles. The number of carbonyl (C=O) groups is 1. The van der Waals surface area contributed by atoms with Crippen LogP contribution in [0.2, 0.25) is 0 Å². The number of fused-ring (bicyclic) bond motifs is 1. The molecule has 0 saturated carbocycles. The third-order valence-corrected chi connectivity index (χ3v) is 3.31. The number of hydrogen-bond acceptors (Lipinski definition) is 5. The van der Waals surface area contributed by atoms with Crippen molar-refractivity contribution >= 4 is 16.6 Å². The van der Waals surface area contributed by atoms with Crippen molar-refractivity contribution < 1.29 is 9.32 Å². The molecule has 1 unspecified atom stereocenters. The Morgan fingerprint density at radius 3 is 2.85 bits per heavy atom. The van der Waals surface area contributed by atoms with E-state index in [1.807, 2.05) is 30.3 Å². The van der Waals surface area contributed by atoms with Crippen LogP contribution in [-0.2, 0) is 4.79 Å². The van der Waals surface area contributed by atoms with Gasteiger partial charge in [0.25, 0.3) is 0 Å². The first-order valence-electron chi connectivity index (χ1n) is 6.35. The molecule has 1 aromatic carbocycles. The number of pyridine rings is 1. The van der Waals surface area contributed by atoms with Crippen LogP contribution in [0.15, 0.2) is 41.1 Å². The second-order valence-electron chi connectivity index (χ2n) is 4.67. The van der Waals surface area contributed by atoms with Crippen molar-refractivity contribution in [1.82, 2.24) is 15.1 Å². The molecule has 0 aliphatic heterocycles. The molecule has 0 bridgehead atoms. The molecular formula is C15H13N3O2. The number of benzene rings is 1. The van der Waals surface area contributed by atoms with Crippen LogP contribution in [0.5, 0.6) is 0 Å². The lowest BCUT2D eigenvalue weighted by atomic mass is 10.1. The summed E-state index contributed by atoms with van der Waals surface area (Å²) in [6, 6.07) is 9.79. The van der Waals surface area contributed by atoms with Gasteiger partial charge in [-0.2, -0.15) is 4.98 Å². The average molecular weight is 267 g/mol. The molecule has 3 aromatic rings. The molecule has 100 valence electrons. The highest BCUT2D eigenvalue weighted by Gasteiger charge is 2.20. The van der Waals surface area contributed by atoms with E-state index >= 15 is 0 Å². The molecule has 0 spiro atoms. The maximum atomic E-state index is 11.4. The van der Waals surface area contributed by atoms with Crippen LogP contribution in [0, 0.1) is 0 Å². The normalized spacial score (nSPS) is 12.5. The summed E-state index contributed by atoms with van der Waals surface area (Å²) in [7, 11) is 0. The van der Waals surface area contributed by atoms with E-state index in [2.05, 4.69) is 15.1 Å². The van der Waals surface area contributed by atoms with Gasteiger partial charge in [-0.3, -0.25) is 9.78 Å². The lowest BCUT2D eigenvalue weighted by Crippen LogP contribution is -2.04. The van der Waals surface area contributed by atoms with E-state index < -0.39 is 5.92 Å². The Morgan fingerprint density at radius 2 is 2.05 bits per heavy atom. The number of carbonyl (C=O) groups excluding carboxylic acids is 1. The molecule has 3 rings (SSSR count). The first kappa shape index (κ1) is 12.5. The molecule has 5 nitrogen and oxygen atoms in total. The first-order valence-corrected chi connectivity index (χ1v) is 6.35. The molecule has 0 fully saturated rings. The van der Waals surface area contributed by atoms with Gasteiger partial charge in [0.05, 0.1) is 5.92 Å². The molecule has 2 heterocycles. The summed E-state index contributed by atoms with van der Waals surface area (Å²) in [4.78, 5) is 20.0. The number of rotatable bonds is 3. The van der Waals surface area contributed by atoms with Gasteiger partial charge in [-0.05, 0) is 25.3 Å². The van der Waals surface area contributed by atoms with E-state index in [1.54, 1.807) is 13.1 Å². The van der Waals surface area contributed by atoms with Crippen LogP contribution in [0.25, 0.3) is 22.3 Å². The van der Waals surface area contributed by atoms with Crippen molar-refractivity contribution in [3.63, 3.8) is 0 Å². The third kappa shape index (κ3) is 2.07. The number of Topliss-reactive ketones (excluding diaryl/α,β-unsaturated/α-hetero) is 1. The maximum Gasteiger partial charge on any atom is 0.237 e. The molecule has 20 heavy (non-hydrogen) atoms. The van der Waals surface area contributed by atoms with Crippen LogP contribution < -0.4 is 0 Å². The van der Waals surface area contributed by atoms with E-state index in [9.17, 15) is 4.79 Å². The highest BCUT2D eigenvalue weighted by molar-refractivity contribution is 5.92. The van der Waals surface area contributed by atoms with E-state index in [4.69, 9.17) is 4.52 Å². The van der Waals surface area contributed by atoms with Crippen LogP contribution >= 0.6 is 0 Å². The largest absolute Gasteiger partial charge is 0.338 e. The van der Waals surface area contributed by atoms with E-state index in [-0.39, 0.29) is 5.78 Å². The molecule has 1 atom stereocenters. The van der Waals surface area contributed by atoms with Gasteiger partial charge in [0, 0.05) is 11.6 Å². The number of hydrogen-bond donors (Lipinski definition) is 0. The maximum absolute atomic E-state index is 11.4. The van der Waals surface area contributed by atoms with Crippen molar-refractivity contribution in [3.8, 4) is 11.5 Å². The zero-order valence-corrected chi connectivity index (χ0v) is 11.2. The van der Waals surface area contributed by atoms with Gasteiger partial charge < -0.3 is 4.52 Å². The zero-order chi connectivity index (χ0) is 14.1. The van der Waals surface area contributed by atoms with Crippen molar-refractivity contribution in [3.05, 3.63) is 42.4 Å². The Balaban J connectivity index is 2.10. The fourth-order valence-corrected chi connectivity index (χ4v) is 1.98. The van der Waals surface area contributed by atoms with Gasteiger partial charge in [-0.1, -0.05) is 29.4 Å². The first-order chi connectivity index (χ1) is 9.66. The van der Waals surface area contributed by atoms with Crippen LogP contribution in [0.3, 0.4) is 0 Å². The zero-order valence-electron chi connectivity index (χ0n) is 11.2. The van der Waals surface area contributed by atoms with Crippen molar-refractivity contribution in [2.75, 3.05) is 0 Å². The molecule has 5 heteroatoms. The van der Waals surface area contributed by atoms with Crippen LogP contribution in [-0.4, -0.2) is 20.9 Å². The molecule has 0 aliphatic rings. The van der Waals surface area contributed by atoms with Crippen molar-refractivity contribution in [1.29, 1.82) is 0 Å². The monoisotopic (exact) mass is 267 g/mol. The van der Waals surface area contributed by atoms with Gasteiger partial charge >= 0.3 is 0 Å². The second kappa shape index (κ2) is 4.85. The second-order valence-corrected chi connectivity index (χ2v) is 4.67. The van der Waals surface area contributed by atoms with E-state index in [1.165, 1.54) is 6.92 Å². The summed E-state index contributed by atoms with van der Waals surface area (Å²) in [6.07, 6.45) is 1.71. The molecule has 0 amide bonds. The van der Waals surface area contributed by atoms with E-state index in [0.29, 0.717) is 17.4 Å². The summed E-state index contributed by atoms with van der Waals surface area (Å²) in [5, 5.41) is 5.95. The third-order valence-electron chi connectivity index (χ3n) is 3.31. The Morgan fingerprint density at radius 1 is 1.25 bits per heavy atom. The predicted octanol–water partition coefficient (Wildman–Crippen LogP) is 2.98. The summed E-state index contributed by atoms with van der Waals surface area (Å²) in [5.41, 5.74) is 0.661. The van der Waals surface area contributed by atoms with Crippen LogP contribution in [0.1, 0.15) is 25.7 Å². The summed E-state index contributed by atoms with van der Waals surface area (Å²) < 4.78 is 5.17. The molecular weight excluding hydrogens is 254 g/mol. The number of aromatic nitrogens is 3. The SMILES string of the molecule is CC(=O)C(C)c1nc(-c2nccc3ccccc23)no1. The fraction of sp³-hybridized carbons (Fsp3) is 0.200. The van der Waals surface area contributed by atoms with Gasteiger partial charge in [0.15, 0.2) is 0 Å². The summed E-state index contributed by atoms with van der Waals surface area (Å²) in [5.74, 6) is 0.324. The van der Waals surface area contributed by atoms with Gasteiger partial charge in [-0.15, -0.1) is 0 Å². The van der Waals surface area contributed by atoms with Gasteiger partial charge in [-0.25, -0.2) is 0 Å². The van der Waals surface area contributed by atoms with Crippen LogP contribution in [0.4, 0.5) is 0 Å². The van der Waals surface area contributed by atoms with E-state index in [0.717, 1.165) is 10.8 Å². The predicted molar refractivity (Wildman–Crippen MR) is 74.1 cm³/mol. The minimum atomic E-state index is -0.397. The van der Waals surface area contributed by atoms with Crippen molar-refractivity contribution in [2.24, 2.45) is 0 Å². The number of nitrogens with zero attached hydrogens (tertiary/aromatic N) is 3. The topological polar surface area (TPSA) is 68.9 Å². The summed E-state index contributed by atoms with van der Waals surface area (Å²) in [6.45, 7) is 3.25. The lowest BCUT2D eigenvalue weighted by molar-refractivity contribution is -0.118. The lowest BCUT2D eigenvalue weighted by Gasteiger charge is -2.01. The van der Waals surface area contributed by atoms with Gasteiger partial charge in [0.1, 0.15) is 11.5 Å². The minimum Gasteiger partial charge on any atom is -0.338 e. The molecule has 0 radical (unpaired) electrons. The Hall–Kier alpha value is -2.56. The molecule has 2 aromatic heterocycles. The number of ketones is 1. The average Bonchev–Trinajstić information content (AvgIpc) is 2.95. The highest BCUT2D eigenvalue weighted by Crippen LogP contribution is 2.25. The Kier molecular flexibility index (Phi) is 3.02. The standard InChI is InChI=1S/C15H13N3O2/c1-9(10(2)19)15-17-14(18-20-15)13-12-6-4-3-5-11(12)7-8-16-13/h3-9H,1-2H3. The van der Waals surface area contributed by atoms with Crippen molar-refractivity contribution in [2.45, 2.75) is 19.8 Å². The Bertz CT molecular complexity index is 774. The Labute approximate surface area is 115 Å². The summed E-state index contributed by atoms with van der Waals surface area (Å²) >= 11 is 0. The minimum absolute atomic E-state index is 0.00826. The highest BCUT2D eigenvalue weighted by atomic mass is 16.5. The molecule has 0 saturated heterocycles. The molecule has 0 N–H and O–H groups in total. The fourth-order valence-electron chi connectivity index (χ4n) is 1.98. The van der Waals surface area contributed by atoms with Gasteiger partial charge in [0.2, 0.25) is 11.7 Å². The smallest absolute Gasteiger partial charge is 0.237 e.